The fourth-order valence-electron chi connectivity index (χ4n) is 3.37. The van der Waals surface area contributed by atoms with Crippen LogP contribution in [0.15, 0.2) is 18.2 Å². The minimum atomic E-state index is -0.537. The van der Waals surface area contributed by atoms with E-state index < -0.39 is 6.10 Å². The molecule has 1 aliphatic rings. The smallest absolute Gasteiger partial charge is 0.122 e. The van der Waals surface area contributed by atoms with E-state index in [-0.39, 0.29) is 6.10 Å². The highest BCUT2D eigenvalue weighted by Gasteiger charge is 2.30. The normalized spacial score (nSPS) is 19.2. The van der Waals surface area contributed by atoms with Gasteiger partial charge in [0, 0.05) is 18.6 Å². The number of hydrogen-bond donors (Lipinski definition) is 1. The lowest BCUT2D eigenvalue weighted by molar-refractivity contribution is -0.0537. The van der Waals surface area contributed by atoms with Crippen LogP contribution in [-0.4, -0.2) is 31.5 Å². The predicted octanol–water partition coefficient (Wildman–Crippen LogP) is 3.85. The Morgan fingerprint density at radius 3 is 2.57 bits per heavy atom. The van der Waals surface area contributed by atoms with E-state index in [1.165, 1.54) is 19.3 Å². The molecule has 0 aromatic heterocycles. The number of halogens is 1. The molecule has 1 aromatic rings. The Balaban J connectivity index is 2.07. The van der Waals surface area contributed by atoms with E-state index in [2.05, 4.69) is 0 Å². The van der Waals surface area contributed by atoms with Crippen LogP contribution in [0, 0.1) is 5.92 Å². The number of methoxy groups -OCH3 is 2. The van der Waals surface area contributed by atoms with E-state index in [1.807, 2.05) is 12.1 Å². The average molecular weight is 313 g/mol. The molecule has 1 fully saturated rings. The van der Waals surface area contributed by atoms with Gasteiger partial charge in [0.1, 0.15) is 5.75 Å². The summed E-state index contributed by atoms with van der Waals surface area (Å²) in [7, 11) is 3.33. The van der Waals surface area contributed by atoms with Crippen LogP contribution in [-0.2, 0) is 11.2 Å². The maximum Gasteiger partial charge on any atom is 0.122 e. The van der Waals surface area contributed by atoms with Gasteiger partial charge < -0.3 is 14.6 Å². The standard InChI is InChI=1S/C17H25ClO3/c1-20-16-9-8-14(18)10-13(16)11-15(19)17(21-2)12-6-4-3-5-7-12/h8-10,12,15,17,19H,3-7,11H2,1-2H3. The molecule has 1 aliphatic carbocycles. The van der Waals surface area contributed by atoms with Crippen LogP contribution in [0.1, 0.15) is 37.7 Å². The summed E-state index contributed by atoms with van der Waals surface area (Å²) in [5.74, 6) is 1.21. The van der Waals surface area contributed by atoms with Crippen molar-refractivity contribution in [2.45, 2.75) is 50.7 Å². The lowest BCUT2D eigenvalue weighted by Gasteiger charge is -2.32. The molecule has 3 nitrogen and oxygen atoms in total. The molecule has 0 radical (unpaired) electrons. The summed E-state index contributed by atoms with van der Waals surface area (Å²) in [6, 6.07) is 5.50. The zero-order chi connectivity index (χ0) is 15.2. The van der Waals surface area contributed by atoms with Crippen LogP contribution in [0.2, 0.25) is 5.02 Å². The highest BCUT2D eigenvalue weighted by atomic mass is 35.5. The summed E-state index contributed by atoms with van der Waals surface area (Å²) in [5.41, 5.74) is 0.926. The molecule has 1 N–H and O–H groups in total. The molecule has 4 heteroatoms. The first-order chi connectivity index (χ1) is 10.2. The first kappa shape index (κ1) is 16.6. The molecule has 0 heterocycles. The van der Waals surface area contributed by atoms with Crippen LogP contribution in [0.25, 0.3) is 0 Å². The lowest BCUT2D eigenvalue weighted by Crippen LogP contribution is -2.37. The number of rotatable bonds is 6. The molecule has 0 amide bonds. The van der Waals surface area contributed by atoms with E-state index >= 15 is 0 Å². The molecular formula is C17H25ClO3. The van der Waals surface area contributed by atoms with Gasteiger partial charge in [-0.25, -0.2) is 0 Å². The zero-order valence-electron chi connectivity index (χ0n) is 12.8. The van der Waals surface area contributed by atoms with Crippen molar-refractivity contribution in [2.75, 3.05) is 14.2 Å². The number of benzene rings is 1. The van der Waals surface area contributed by atoms with Gasteiger partial charge >= 0.3 is 0 Å². The van der Waals surface area contributed by atoms with Gasteiger partial charge in [-0.3, -0.25) is 0 Å². The number of ether oxygens (including phenoxy) is 2. The van der Waals surface area contributed by atoms with Gasteiger partial charge in [0.05, 0.1) is 19.3 Å². The minimum Gasteiger partial charge on any atom is -0.496 e. The van der Waals surface area contributed by atoms with Gasteiger partial charge in [0.25, 0.3) is 0 Å². The van der Waals surface area contributed by atoms with E-state index in [0.717, 1.165) is 24.2 Å². The molecule has 0 aliphatic heterocycles. The maximum atomic E-state index is 10.6. The zero-order valence-corrected chi connectivity index (χ0v) is 13.6. The van der Waals surface area contributed by atoms with Crippen molar-refractivity contribution in [1.29, 1.82) is 0 Å². The molecule has 0 bridgehead atoms. The second kappa shape index (κ2) is 8.02. The van der Waals surface area contributed by atoms with Crippen molar-refractivity contribution in [3.63, 3.8) is 0 Å². The largest absolute Gasteiger partial charge is 0.496 e. The van der Waals surface area contributed by atoms with Crippen molar-refractivity contribution < 1.29 is 14.6 Å². The first-order valence-corrected chi connectivity index (χ1v) is 8.06. The van der Waals surface area contributed by atoms with Gasteiger partial charge in [0.15, 0.2) is 0 Å². The van der Waals surface area contributed by atoms with Crippen LogP contribution in [0.4, 0.5) is 0 Å². The monoisotopic (exact) mass is 312 g/mol. The van der Waals surface area contributed by atoms with Crippen molar-refractivity contribution in [3.05, 3.63) is 28.8 Å². The van der Waals surface area contributed by atoms with Crippen molar-refractivity contribution in [3.8, 4) is 5.75 Å². The molecule has 2 unspecified atom stereocenters. The summed E-state index contributed by atoms with van der Waals surface area (Å²) in [6.07, 6.45) is 5.89. The van der Waals surface area contributed by atoms with Crippen LogP contribution in [0.5, 0.6) is 5.75 Å². The van der Waals surface area contributed by atoms with Gasteiger partial charge in [-0.15, -0.1) is 0 Å². The maximum absolute atomic E-state index is 10.6. The van der Waals surface area contributed by atoms with Crippen LogP contribution < -0.4 is 4.74 Å². The van der Waals surface area contributed by atoms with E-state index in [1.54, 1.807) is 20.3 Å². The number of hydrogen-bond acceptors (Lipinski definition) is 3. The van der Waals surface area contributed by atoms with Crippen molar-refractivity contribution >= 4 is 11.6 Å². The summed E-state index contributed by atoms with van der Waals surface area (Å²) in [5, 5.41) is 11.3. The summed E-state index contributed by atoms with van der Waals surface area (Å²) < 4.78 is 11.0. The van der Waals surface area contributed by atoms with Crippen LogP contribution in [0.3, 0.4) is 0 Å². The predicted molar refractivity (Wildman–Crippen MR) is 85.1 cm³/mol. The SMILES string of the molecule is COc1ccc(Cl)cc1CC(O)C(OC)C1CCCCC1. The molecule has 2 atom stereocenters. The van der Waals surface area contributed by atoms with E-state index in [4.69, 9.17) is 21.1 Å². The number of aliphatic hydroxyl groups excluding tert-OH is 1. The fourth-order valence-corrected chi connectivity index (χ4v) is 3.57. The van der Waals surface area contributed by atoms with Gasteiger partial charge in [-0.05, 0) is 42.5 Å². The van der Waals surface area contributed by atoms with E-state index in [0.29, 0.717) is 17.4 Å². The van der Waals surface area contributed by atoms with Crippen LogP contribution >= 0.6 is 11.6 Å². The topological polar surface area (TPSA) is 38.7 Å². The number of aliphatic hydroxyl groups is 1. The van der Waals surface area contributed by atoms with Gasteiger partial charge in [-0.2, -0.15) is 0 Å². The molecule has 0 saturated heterocycles. The molecule has 1 saturated carbocycles. The molecule has 2 rings (SSSR count). The third kappa shape index (κ3) is 4.35. The highest BCUT2D eigenvalue weighted by Crippen LogP contribution is 2.31. The molecule has 1 aromatic carbocycles. The Morgan fingerprint density at radius 1 is 1.24 bits per heavy atom. The third-order valence-corrected chi connectivity index (χ3v) is 4.67. The fraction of sp³-hybridized carbons (Fsp3) is 0.647. The first-order valence-electron chi connectivity index (χ1n) is 7.69. The summed E-state index contributed by atoms with van der Waals surface area (Å²) >= 11 is 6.05. The van der Waals surface area contributed by atoms with Gasteiger partial charge in [0.2, 0.25) is 0 Å². The van der Waals surface area contributed by atoms with E-state index in [9.17, 15) is 5.11 Å². The van der Waals surface area contributed by atoms with Gasteiger partial charge in [-0.1, -0.05) is 30.9 Å². The third-order valence-electron chi connectivity index (χ3n) is 4.44. The molecular weight excluding hydrogens is 288 g/mol. The quantitative estimate of drug-likeness (QED) is 0.867. The lowest BCUT2D eigenvalue weighted by atomic mass is 9.82. The molecule has 0 spiro atoms. The Labute approximate surface area is 132 Å². The van der Waals surface area contributed by atoms with Crippen molar-refractivity contribution in [1.82, 2.24) is 0 Å². The Bertz CT molecular complexity index is 444. The summed E-state index contributed by atoms with van der Waals surface area (Å²) in [4.78, 5) is 0. The van der Waals surface area contributed by atoms with Crippen molar-refractivity contribution in [2.24, 2.45) is 5.92 Å². The minimum absolute atomic E-state index is 0.117. The highest BCUT2D eigenvalue weighted by molar-refractivity contribution is 6.30. The molecule has 21 heavy (non-hydrogen) atoms. The second-order valence-electron chi connectivity index (χ2n) is 5.83. The Morgan fingerprint density at radius 2 is 1.95 bits per heavy atom. The average Bonchev–Trinajstić information content (AvgIpc) is 2.49. The summed E-state index contributed by atoms with van der Waals surface area (Å²) in [6.45, 7) is 0. The Kier molecular flexibility index (Phi) is 6.34. The Hall–Kier alpha value is -0.770. The second-order valence-corrected chi connectivity index (χ2v) is 6.26. The molecule has 118 valence electrons.